The molecular formula is C10H7ClN2O3S. The predicted molar refractivity (Wildman–Crippen MR) is 65.6 cm³/mol. The van der Waals surface area contributed by atoms with Crippen LogP contribution >= 0.6 is 22.9 Å². The second-order valence-corrected chi connectivity index (χ2v) is 4.53. The van der Waals surface area contributed by atoms with Crippen LogP contribution in [0.25, 0.3) is 10.4 Å². The van der Waals surface area contributed by atoms with Gasteiger partial charge in [0.15, 0.2) is 5.13 Å². The highest BCUT2D eigenvalue weighted by molar-refractivity contribution is 7.19. The van der Waals surface area contributed by atoms with Crippen LogP contribution in [0.5, 0.6) is 5.88 Å². The number of halogens is 1. The van der Waals surface area contributed by atoms with Crippen LogP contribution in [0.2, 0.25) is 5.02 Å². The lowest BCUT2D eigenvalue weighted by atomic mass is 10.2. The summed E-state index contributed by atoms with van der Waals surface area (Å²) in [6.07, 6.45) is -1.43. The van der Waals surface area contributed by atoms with Gasteiger partial charge in [0.1, 0.15) is 4.88 Å². The summed E-state index contributed by atoms with van der Waals surface area (Å²) in [6, 6.07) is 6.92. The van der Waals surface area contributed by atoms with Crippen molar-refractivity contribution in [3.63, 3.8) is 0 Å². The van der Waals surface area contributed by atoms with Crippen LogP contribution in [-0.2, 0) is 0 Å². The van der Waals surface area contributed by atoms with Gasteiger partial charge in [0.05, 0.1) is 0 Å². The Morgan fingerprint density at radius 3 is 2.94 bits per heavy atom. The van der Waals surface area contributed by atoms with Crippen LogP contribution in [0.3, 0.4) is 0 Å². The van der Waals surface area contributed by atoms with E-state index in [0.29, 0.717) is 15.5 Å². The maximum Gasteiger partial charge on any atom is 0.512 e. The van der Waals surface area contributed by atoms with E-state index in [1.54, 1.807) is 24.3 Å². The topological polar surface area (TPSA) is 85.4 Å². The quantitative estimate of drug-likeness (QED) is 0.819. The molecule has 0 unspecified atom stereocenters. The summed E-state index contributed by atoms with van der Waals surface area (Å²) in [7, 11) is 0. The third kappa shape index (κ3) is 2.66. The highest BCUT2D eigenvalue weighted by Crippen LogP contribution is 2.37. The average molecular weight is 271 g/mol. The van der Waals surface area contributed by atoms with Crippen molar-refractivity contribution in [3.8, 4) is 16.3 Å². The summed E-state index contributed by atoms with van der Waals surface area (Å²) in [5.41, 5.74) is 6.24. The van der Waals surface area contributed by atoms with Gasteiger partial charge >= 0.3 is 6.16 Å². The van der Waals surface area contributed by atoms with Crippen LogP contribution in [0.1, 0.15) is 0 Å². The van der Waals surface area contributed by atoms with Crippen LogP contribution in [0, 0.1) is 0 Å². The van der Waals surface area contributed by atoms with E-state index in [4.69, 9.17) is 22.4 Å². The first kappa shape index (κ1) is 11.7. The first-order valence-corrected chi connectivity index (χ1v) is 5.68. The van der Waals surface area contributed by atoms with E-state index in [-0.39, 0.29) is 11.0 Å². The molecule has 2 rings (SSSR count). The predicted octanol–water partition coefficient (Wildman–Crippen LogP) is 3.10. The number of nitrogen functional groups attached to an aromatic ring is 1. The van der Waals surface area contributed by atoms with Crippen molar-refractivity contribution >= 4 is 34.2 Å². The van der Waals surface area contributed by atoms with Crippen molar-refractivity contribution < 1.29 is 14.6 Å². The molecule has 5 nitrogen and oxygen atoms in total. The zero-order valence-electron chi connectivity index (χ0n) is 8.38. The number of nitrogens with zero attached hydrogens (tertiary/aromatic N) is 1. The molecule has 1 aromatic heterocycles. The lowest BCUT2D eigenvalue weighted by molar-refractivity contribution is 0.143. The van der Waals surface area contributed by atoms with E-state index in [2.05, 4.69) is 9.72 Å². The summed E-state index contributed by atoms with van der Waals surface area (Å²) >= 11 is 6.99. The standard InChI is InChI=1S/C10H7ClN2O3S/c11-6-3-1-2-5(4-6)7-8(16-10(14)15)13-9(12)17-7/h1-4H,(H2,12,13)(H,14,15). The highest BCUT2D eigenvalue weighted by Gasteiger charge is 2.16. The van der Waals surface area contributed by atoms with Gasteiger partial charge < -0.3 is 15.6 Å². The molecule has 0 atom stereocenters. The monoisotopic (exact) mass is 270 g/mol. The molecule has 1 aromatic carbocycles. The smallest absolute Gasteiger partial charge is 0.449 e. The maximum absolute atomic E-state index is 10.5. The largest absolute Gasteiger partial charge is 0.512 e. The molecule has 0 aliphatic carbocycles. The molecule has 0 radical (unpaired) electrons. The minimum atomic E-state index is -1.43. The van der Waals surface area contributed by atoms with Crippen molar-refractivity contribution in [2.24, 2.45) is 0 Å². The van der Waals surface area contributed by atoms with Crippen LogP contribution in [-0.4, -0.2) is 16.2 Å². The zero-order valence-corrected chi connectivity index (χ0v) is 9.96. The van der Waals surface area contributed by atoms with Gasteiger partial charge in [0.25, 0.3) is 0 Å². The highest BCUT2D eigenvalue weighted by atomic mass is 35.5. The lowest BCUT2D eigenvalue weighted by Crippen LogP contribution is -2.04. The van der Waals surface area contributed by atoms with E-state index in [1.807, 2.05) is 0 Å². The molecule has 0 aliphatic rings. The van der Waals surface area contributed by atoms with Crippen molar-refractivity contribution in [2.45, 2.75) is 0 Å². The second-order valence-electron chi connectivity index (χ2n) is 3.06. The van der Waals surface area contributed by atoms with Gasteiger partial charge in [-0.3, -0.25) is 0 Å². The number of ether oxygens (including phenoxy) is 1. The van der Waals surface area contributed by atoms with Crippen molar-refractivity contribution in [1.82, 2.24) is 4.98 Å². The number of thiazole rings is 1. The molecule has 0 saturated carbocycles. The Kier molecular flexibility index (Phi) is 3.16. The molecule has 0 fully saturated rings. The minimum Gasteiger partial charge on any atom is -0.449 e. The third-order valence-corrected chi connectivity index (χ3v) is 3.03. The fraction of sp³-hybridized carbons (Fsp3) is 0. The Hall–Kier alpha value is -1.79. The Morgan fingerprint density at radius 1 is 1.53 bits per heavy atom. The second kappa shape index (κ2) is 4.60. The van der Waals surface area contributed by atoms with Gasteiger partial charge in [-0.1, -0.05) is 35.1 Å². The number of anilines is 1. The first-order chi connectivity index (χ1) is 8.06. The van der Waals surface area contributed by atoms with Crippen LogP contribution in [0.15, 0.2) is 24.3 Å². The maximum atomic E-state index is 10.5. The molecule has 17 heavy (non-hydrogen) atoms. The zero-order chi connectivity index (χ0) is 12.4. The van der Waals surface area contributed by atoms with Gasteiger partial charge in [-0.25, -0.2) is 4.79 Å². The number of rotatable bonds is 2. The van der Waals surface area contributed by atoms with Crippen LogP contribution < -0.4 is 10.5 Å². The molecule has 3 N–H and O–H groups in total. The summed E-state index contributed by atoms with van der Waals surface area (Å²) in [5.74, 6) is -0.0257. The van der Waals surface area contributed by atoms with Crippen molar-refractivity contribution in [2.75, 3.05) is 5.73 Å². The number of carbonyl (C=O) groups is 1. The molecule has 0 bridgehead atoms. The minimum absolute atomic E-state index is 0.0257. The van der Waals surface area contributed by atoms with Gasteiger partial charge in [0, 0.05) is 5.02 Å². The van der Waals surface area contributed by atoms with E-state index >= 15 is 0 Å². The van der Waals surface area contributed by atoms with E-state index in [1.165, 1.54) is 0 Å². The SMILES string of the molecule is Nc1nc(OC(=O)O)c(-c2cccc(Cl)c2)s1. The molecule has 2 aromatic rings. The van der Waals surface area contributed by atoms with Gasteiger partial charge in [-0.05, 0) is 17.7 Å². The Bertz CT molecular complexity index is 570. The van der Waals surface area contributed by atoms with E-state index in [0.717, 1.165) is 11.3 Å². The molecule has 88 valence electrons. The summed E-state index contributed by atoms with van der Waals surface area (Å²) in [5, 5.41) is 9.35. The molecule has 0 spiro atoms. The van der Waals surface area contributed by atoms with Gasteiger partial charge in [-0.2, -0.15) is 4.98 Å². The Labute approximate surface area is 105 Å². The average Bonchev–Trinajstić information content (AvgIpc) is 2.58. The summed E-state index contributed by atoms with van der Waals surface area (Å²) in [4.78, 5) is 14.8. The number of carboxylic acid groups (broad SMARTS) is 1. The number of nitrogens with two attached hydrogens (primary N) is 1. The molecular weight excluding hydrogens is 264 g/mol. The van der Waals surface area contributed by atoms with Gasteiger partial charge in [-0.15, -0.1) is 0 Å². The fourth-order valence-corrected chi connectivity index (χ4v) is 2.23. The summed E-state index contributed by atoms with van der Waals surface area (Å²) in [6.45, 7) is 0. The normalized spacial score (nSPS) is 10.2. The van der Waals surface area contributed by atoms with E-state index < -0.39 is 6.16 Å². The molecule has 1 heterocycles. The van der Waals surface area contributed by atoms with Gasteiger partial charge in [0.2, 0.25) is 5.88 Å². The van der Waals surface area contributed by atoms with E-state index in [9.17, 15) is 4.79 Å². The molecule has 0 aliphatic heterocycles. The fourth-order valence-electron chi connectivity index (χ4n) is 1.29. The first-order valence-electron chi connectivity index (χ1n) is 4.49. The molecule has 7 heteroatoms. The number of hydrogen-bond donors (Lipinski definition) is 2. The Balaban J connectivity index is 2.47. The number of benzene rings is 1. The lowest BCUT2D eigenvalue weighted by Gasteiger charge is -2.00. The summed E-state index contributed by atoms with van der Waals surface area (Å²) < 4.78 is 4.55. The third-order valence-electron chi connectivity index (χ3n) is 1.88. The Morgan fingerprint density at radius 2 is 2.29 bits per heavy atom. The van der Waals surface area contributed by atoms with Crippen LogP contribution in [0.4, 0.5) is 9.93 Å². The molecule has 0 amide bonds. The molecule has 0 saturated heterocycles. The van der Waals surface area contributed by atoms with Crippen molar-refractivity contribution in [1.29, 1.82) is 0 Å². The number of aromatic nitrogens is 1. The number of hydrogen-bond acceptors (Lipinski definition) is 5. The van der Waals surface area contributed by atoms with Crippen molar-refractivity contribution in [3.05, 3.63) is 29.3 Å².